The van der Waals surface area contributed by atoms with Gasteiger partial charge in [0, 0.05) is 39.5 Å². The second-order valence-corrected chi connectivity index (χ2v) is 12.0. The monoisotopic (exact) mass is 475 g/mol. The third kappa shape index (κ3) is 6.19. The Labute approximate surface area is 206 Å². The van der Waals surface area contributed by atoms with Crippen molar-refractivity contribution >= 4 is 22.7 Å². The van der Waals surface area contributed by atoms with Crippen molar-refractivity contribution in [1.29, 1.82) is 0 Å². The first-order valence-electron chi connectivity index (χ1n) is 11.6. The maximum atomic E-state index is 10.8. The van der Waals surface area contributed by atoms with Gasteiger partial charge in [-0.2, -0.15) is 0 Å². The second-order valence-electron chi connectivity index (χ2n) is 10.2. The largest absolute Gasteiger partial charge is 0.487 e. The van der Waals surface area contributed by atoms with Gasteiger partial charge in [0.05, 0.1) is 29.1 Å². The van der Waals surface area contributed by atoms with E-state index in [0.29, 0.717) is 19.6 Å². The number of hydrogen-bond acceptors (Lipinski definition) is 5. The minimum Gasteiger partial charge on any atom is -0.487 e. The second kappa shape index (κ2) is 9.80. The predicted octanol–water partition coefficient (Wildman–Crippen LogP) is 6.26. The number of nitrogens with zero attached hydrogens (tertiary/aromatic N) is 3. The molecular weight excluding hydrogens is 442 g/mol. The summed E-state index contributed by atoms with van der Waals surface area (Å²) in [5.74, 6) is 0.804. The van der Waals surface area contributed by atoms with E-state index in [-0.39, 0.29) is 4.75 Å². The van der Waals surface area contributed by atoms with Gasteiger partial charge < -0.3 is 14.4 Å². The lowest BCUT2D eigenvalue weighted by molar-refractivity contribution is 0.0785. The Kier molecular flexibility index (Phi) is 7.01. The van der Waals surface area contributed by atoms with Gasteiger partial charge in [0.25, 0.3) is 0 Å². The Morgan fingerprint density at radius 1 is 0.912 bits per heavy atom. The number of pyridine rings is 2. The summed E-state index contributed by atoms with van der Waals surface area (Å²) in [6.07, 6.45) is 4.14. The molecule has 34 heavy (non-hydrogen) atoms. The minimum absolute atomic E-state index is 0.00325. The minimum atomic E-state index is -0.845. The first-order valence-corrected chi connectivity index (χ1v) is 12.4. The molecular formula is C28H33N3O2S. The molecule has 178 valence electrons. The van der Waals surface area contributed by atoms with Crippen molar-refractivity contribution in [1.82, 2.24) is 14.5 Å². The summed E-state index contributed by atoms with van der Waals surface area (Å²) in [6.45, 7) is 11.4. The van der Waals surface area contributed by atoms with Crippen LogP contribution in [0.1, 0.15) is 51.7 Å². The van der Waals surface area contributed by atoms with Crippen molar-refractivity contribution in [3.63, 3.8) is 0 Å². The van der Waals surface area contributed by atoms with E-state index in [0.717, 1.165) is 33.7 Å². The zero-order chi connectivity index (χ0) is 24.3. The molecule has 0 saturated carbocycles. The van der Waals surface area contributed by atoms with E-state index in [1.807, 2.05) is 74.3 Å². The molecule has 0 atom stereocenters. The highest BCUT2D eigenvalue weighted by molar-refractivity contribution is 8.00. The van der Waals surface area contributed by atoms with Gasteiger partial charge in [-0.25, -0.2) is 0 Å². The van der Waals surface area contributed by atoms with Gasteiger partial charge in [0.15, 0.2) is 0 Å². The van der Waals surface area contributed by atoms with Crippen LogP contribution in [0.5, 0.6) is 5.75 Å². The van der Waals surface area contributed by atoms with E-state index in [1.54, 1.807) is 6.20 Å². The van der Waals surface area contributed by atoms with Crippen molar-refractivity contribution in [3.05, 3.63) is 84.1 Å². The summed E-state index contributed by atoms with van der Waals surface area (Å²) in [4.78, 5) is 10.1. The molecule has 0 aliphatic carbocycles. The molecule has 0 bridgehead atoms. The molecule has 5 nitrogen and oxygen atoms in total. The summed E-state index contributed by atoms with van der Waals surface area (Å²) >= 11 is 1.83. The molecule has 1 aromatic carbocycles. The topological polar surface area (TPSA) is 60.2 Å². The third-order valence-electron chi connectivity index (χ3n) is 5.26. The Morgan fingerprint density at radius 2 is 1.59 bits per heavy atom. The molecule has 3 aromatic heterocycles. The summed E-state index contributed by atoms with van der Waals surface area (Å²) < 4.78 is 8.41. The number of thioether (sulfide) groups is 1. The number of hydrogen-bond donors (Lipinski definition) is 1. The number of aromatic nitrogens is 3. The molecule has 0 spiro atoms. The fourth-order valence-corrected chi connectivity index (χ4v) is 5.11. The highest BCUT2D eigenvalue weighted by Crippen LogP contribution is 2.43. The molecule has 0 fully saturated rings. The number of fused-ring (bicyclic) bond motifs is 1. The van der Waals surface area contributed by atoms with E-state index in [9.17, 15) is 5.11 Å². The van der Waals surface area contributed by atoms with Gasteiger partial charge in [0.2, 0.25) is 0 Å². The van der Waals surface area contributed by atoms with E-state index in [4.69, 9.17) is 4.74 Å². The molecule has 3 heterocycles. The van der Waals surface area contributed by atoms with Crippen LogP contribution in [0.25, 0.3) is 10.9 Å². The lowest BCUT2D eigenvalue weighted by atomic mass is 10.0. The van der Waals surface area contributed by atoms with Crippen LogP contribution < -0.4 is 4.74 Å². The Morgan fingerprint density at radius 3 is 2.18 bits per heavy atom. The van der Waals surface area contributed by atoms with Crippen molar-refractivity contribution in [3.8, 4) is 5.75 Å². The SMILES string of the molecule is CC(C)(O)Cc1c(SC(C)(C)C)c2cc(OCc3ccccn3)ccc2n1Cc1ccccn1. The fourth-order valence-electron chi connectivity index (χ4n) is 3.93. The molecule has 0 aliphatic heterocycles. The van der Waals surface area contributed by atoms with E-state index in [2.05, 4.69) is 47.4 Å². The Hall–Kier alpha value is -2.83. The highest BCUT2D eigenvalue weighted by Gasteiger charge is 2.27. The molecule has 0 aliphatic rings. The van der Waals surface area contributed by atoms with Crippen LogP contribution in [-0.4, -0.2) is 30.0 Å². The van der Waals surface area contributed by atoms with Crippen molar-refractivity contribution in [2.24, 2.45) is 0 Å². The summed E-state index contributed by atoms with van der Waals surface area (Å²) in [7, 11) is 0. The third-order valence-corrected chi connectivity index (χ3v) is 6.53. The average molecular weight is 476 g/mol. The Balaban J connectivity index is 1.82. The van der Waals surface area contributed by atoms with Gasteiger partial charge in [-0.3, -0.25) is 9.97 Å². The zero-order valence-corrected chi connectivity index (χ0v) is 21.4. The zero-order valence-electron chi connectivity index (χ0n) is 20.6. The number of benzene rings is 1. The maximum absolute atomic E-state index is 10.8. The first-order chi connectivity index (χ1) is 16.1. The molecule has 0 unspecified atom stereocenters. The van der Waals surface area contributed by atoms with Crippen molar-refractivity contribution in [2.75, 3.05) is 0 Å². The highest BCUT2D eigenvalue weighted by atomic mass is 32.2. The summed E-state index contributed by atoms with van der Waals surface area (Å²) in [5.41, 5.74) is 3.26. The van der Waals surface area contributed by atoms with Crippen LogP contribution in [0.4, 0.5) is 0 Å². The molecule has 4 rings (SSSR count). The van der Waals surface area contributed by atoms with E-state index < -0.39 is 5.60 Å². The van der Waals surface area contributed by atoms with Crippen LogP contribution in [0.3, 0.4) is 0 Å². The van der Waals surface area contributed by atoms with Crippen molar-refractivity contribution in [2.45, 2.75) is 69.4 Å². The lowest BCUT2D eigenvalue weighted by Crippen LogP contribution is -2.24. The normalized spacial score (nSPS) is 12.3. The van der Waals surface area contributed by atoms with Crippen LogP contribution in [-0.2, 0) is 19.6 Å². The summed E-state index contributed by atoms with van der Waals surface area (Å²) in [5, 5.41) is 11.9. The van der Waals surface area contributed by atoms with Gasteiger partial charge in [0.1, 0.15) is 12.4 Å². The van der Waals surface area contributed by atoms with Crippen LogP contribution in [0, 0.1) is 0 Å². The maximum Gasteiger partial charge on any atom is 0.130 e. The van der Waals surface area contributed by atoms with Gasteiger partial charge in [-0.15, -0.1) is 11.8 Å². The first kappa shape index (κ1) is 24.3. The number of aliphatic hydroxyl groups is 1. The quantitative estimate of drug-likeness (QED) is 0.305. The fraction of sp³-hybridized carbons (Fsp3) is 0.357. The number of rotatable bonds is 8. The van der Waals surface area contributed by atoms with Gasteiger partial charge in [-0.05, 0) is 56.3 Å². The molecule has 6 heteroatoms. The molecule has 1 N–H and O–H groups in total. The van der Waals surface area contributed by atoms with E-state index in [1.165, 1.54) is 4.90 Å². The molecule has 4 aromatic rings. The molecule has 0 radical (unpaired) electrons. The lowest BCUT2D eigenvalue weighted by Gasteiger charge is -2.23. The van der Waals surface area contributed by atoms with Gasteiger partial charge in [-0.1, -0.05) is 32.9 Å². The molecule has 0 saturated heterocycles. The van der Waals surface area contributed by atoms with Crippen LogP contribution in [0.15, 0.2) is 71.9 Å². The van der Waals surface area contributed by atoms with Gasteiger partial charge >= 0.3 is 0 Å². The number of ether oxygens (including phenoxy) is 1. The van der Waals surface area contributed by atoms with Crippen molar-refractivity contribution < 1.29 is 9.84 Å². The smallest absolute Gasteiger partial charge is 0.130 e. The molecule has 0 amide bonds. The summed E-state index contributed by atoms with van der Waals surface area (Å²) in [6, 6.07) is 18.1. The standard InChI is InChI=1S/C28H33N3O2S/c1-27(2,3)34-26-23-16-22(33-19-21-11-7-9-15-30-21)12-13-24(23)31(25(26)17-28(4,5)32)18-20-10-6-8-14-29-20/h6-16,32H,17-19H2,1-5H3. The van der Waals surface area contributed by atoms with Crippen LogP contribution in [0.2, 0.25) is 0 Å². The predicted molar refractivity (Wildman–Crippen MR) is 139 cm³/mol. The average Bonchev–Trinajstić information content (AvgIpc) is 3.03. The Bertz CT molecular complexity index is 1240. The van der Waals surface area contributed by atoms with E-state index >= 15 is 0 Å². The van der Waals surface area contributed by atoms with Crippen LogP contribution >= 0.6 is 11.8 Å².